The number of anilines is 1. The van der Waals surface area contributed by atoms with Crippen LogP contribution in [0.15, 0.2) is 36.9 Å². The summed E-state index contributed by atoms with van der Waals surface area (Å²) in [4.78, 5) is 28.1. The van der Waals surface area contributed by atoms with Crippen molar-refractivity contribution in [1.29, 1.82) is 0 Å². The van der Waals surface area contributed by atoms with Gasteiger partial charge in [0.15, 0.2) is 0 Å². The fourth-order valence-electron chi connectivity index (χ4n) is 3.35. The first-order valence-electron chi connectivity index (χ1n) is 8.66. The lowest BCUT2D eigenvalue weighted by atomic mass is 9.97. The van der Waals surface area contributed by atoms with Crippen LogP contribution in [-0.2, 0) is 4.79 Å². The Balaban J connectivity index is 1.69. The number of nitrogens with zero attached hydrogens (tertiary/aromatic N) is 2. The average molecular weight is 327 g/mol. The lowest BCUT2D eigenvalue weighted by molar-refractivity contribution is -0.122. The number of hydrogen-bond acceptors (Lipinski definition) is 3. The summed E-state index contributed by atoms with van der Waals surface area (Å²) in [6.45, 7) is 5.92. The first-order valence-corrected chi connectivity index (χ1v) is 8.66. The molecule has 0 radical (unpaired) electrons. The molecular weight excluding hydrogens is 302 g/mol. The summed E-state index contributed by atoms with van der Waals surface area (Å²) in [5, 5.41) is 0. The van der Waals surface area contributed by atoms with Crippen LogP contribution < -0.4 is 10.6 Å². The predicted octanol–water partition coefficient (Wildman–Crippen LogP) is 2.18. The first-order chi connectivity index (χ1) is 11.6. The fourth-order valence-corrected chi connectivity index (χ4v) is 3.35. The SMILES string of the molecule is C=CCN(C(=O)c1ccc(N2CCCC(C(N)=O)C2)cc1)C1CC1. The molecule has 0 bridgehead atoms. The van der Waals surface area contributed by atoms with Gasteiger partial charge in [-0.15, -0.1) is 6.58 Å². The van der Waals surface area contributed by atoms with Crippen molar-refractivity contribution < 1.29 is 9.59 Å². The van der Waals surface area contributed by atoms with Gasteiger partial charge in [-0.2, -0.15) is 0 Å². The number of carbonyl (C=O) groups excluding carboxylic acids is 2. The number of hydrogen-bond donors (Lipinski definition) is 1. The largest absolute Gasteiger partial charge is 0.371 e. The van der Waals surface area contributed by atoms with Crippen molar-refractivity contribution >= 4 is 17.5 Å². The number of benzene rings is 1. The van der Waals surface area contributed by atoms with Gasteiger partial charge in [-0.1, -0.05) is 6.08 Å². The summed E-state index contributed by atoms with van der Waals surface area (Å²) >= 11 is 0. The molecule has 5 heteroatoms. The van der Waals surface area contributed by atoms with Gasteiger partial charge in [0.25, 0.3) is 5.91 Å². The molecule has 2 fully saturated rings. The van der Waals surface area contributed by atoms with Crippen molar-refractivity contribution in [3.63, 3.8) is 0 Å². The van der Waals surface area contributed by atoms with Crippen LogP contribution in [0.3, 0.4) is 0 Å². The maximum atomic E-state index is 12.6. The van der Waals surface area contributed by atoms with E-state index in [0.29, 0.717) is 24.7 Å². The Kier molecular flexibility index (Phi) is 4.88. The molecule has 2 amide bonds. The summed E-state index contributed by atoms with van der Waals surface area (Å²) in [5.41, 5.74) is 7.19. The van der Waals surface area contributed by atoms with Crippen LogP contribution in [0, 0.1) is 5.92 Å². The molecule has 2 N–H and O–H groups in total. The van der Waals surface area contributed by atoms with Gasteiger partial charge in [-0.05, 0) is 49.9 Å². The van der Waals surface area contributed by atoms with Crippen molar-refractivity contribution in [2.24, 2.45) is 11.7 Å². The standard InChI is InChI=1S/C19H25N3O2/c1-2-11-22(17-9-10-17)19(24)14-5-7-16(8-6-14)21-12-3-4-15(13-21)18(20)23/h2,5-8,15,17H,1,3-4,9-13H2,(H2,20,23). The van der Waals surface area contributed by atoms with Crippen molar-refractivity contribution in [3.05, 3.63) is 42.5 Å². The summed E-state index contributed by atoms with van der Waals surface area (Å²) in [7, 11) is 0. The van der Waals surface area contributed by atoms with Gasteiger partial charge in [0.2, 0.25) is 5.91 Å². The molecule has 1 saturated heterocycles. The zero-order valence-corrected chi connectivity index (χ0v) is 14.0. The Morgan fingerprint density at radius 2 is 1.96 bits per heavy atom. The Morgan fingerprint density at radius 1 is 1.25 bits per heavy atom. The predicted molar refractivity (Wildman–Crippen MR) is 94.8 cm³/mol. The molecule has 1 atom stereocenters. The van der Waals surface area contributed by atoms with E-state index < -0.39 is 0 Å². The highest BCUT2D eigenvalue weighted by Gasteiger charge is 2.32. The highest BCUT2D eigenvalue weighted by Crippen LogP contribution is 2.29. The third kappa shape index (κ3) is 3.61. The highest BCUT2D eigenvalue weighted by molar-refractivity contribution is 5.95. The average Bonchev–Trinajstić information content (AvgIpc) is 3.44. The van der Waals surface area contributed by atoms with E-state index in [1.54, 1.807) is 6.08 Å². The van der Waals surface area contributed by atoms with Gasteiger partial charge < -0.3 is 15.5 Å². The number of primary amides is 1. The van der Waals surface area contributed by atoms with E-state index in [2.05, 4.69) is 11.5 Å². The van der Waals surface area contributed by atoms with Gasteiger partial charge in [0.1, 0.15) is 0 Å². The van der Waals surface area contributed by atoms with Crippen LogP contribution in [0.5, 0.6) is 0 Å². The minimum Gasteiger partial charge on any atom is -0.371 e. The third-order valence-electron chi connectivity index (χ3n) is 4.88. The van der Waals surface area contributed by atoms with Crippen molar-refractivity contribution in [3.8, 4) is 0 Å². The van der Waals surface area contributed by atoms with Gasteiger partial charge in [-0.25, -0.2) is 0 Å². The number of carbonyl (C=O) groups is 2. The fraction of sp³-hybridized carbons (Fsp3) is 0.474. The number of nitrogens with two attached hydrogens (primary N) is 1. The molecule has 2 aliphatic rings. The van der Waals surface area contributed by atoms with Crippen molar-refractivity contribution in [2.45, 2.75) is 31.7 Å². The van der Waals surface area contributed by atoms with Crippen LogP contribution in [0.1, 0.15) is 36.0 Å². The van der Waals surface area contributed by atoms with Crippen LogP contribution in [0.4, 0.5) is 5.69 Å². The monoisotopic (exact) mass is 327 g/mol. The van der Waals surface area contributed by atoms with Crippen LogP contribution >= 0.6 is 0 Å². The summed E-state index contributed by atoms with van der Waals surface area (Å²) < 4.78 is 0. The molecule has 1 unspecified atom stereocenters. The Hall–Kier alpha value is -2.30. The van der Waals surface area contributed by atoms with E-state index in [-0.39, 0.29) is 17.7 Å². The van der Waals surface area contributed by atoms with Gasteiger partial charge in [-0.3, -0.25) is 9.59 Å². The summed E-state index contributed by atoms with van der Waals surface area (Å²) in [5.74, 6) is -0.244. The first kappa shape index (κ1) is 16.6. The molecule has 1 aliphatic heterocycles. The molecule has 1 aliphatic carbocycles. The van der Waals surface area contributed by atoms with Crippen LogP contribution in [0.2, 0.25) is 0 Å². The quantitative estimate of drug-likeness (QED) is 0.814. The Bertz CT molecular complexity index is 622. The summed E-state index contributed by atoms with van der Waals surface area (Å²) in [6, 6.07) is 8.06. The molecule has 1 heterocycles. The van der Waals surface area contributed by atoms with Gasteiger partial charge in [0, 0.05) is 36.9 Å². The van der Waals surface area contributed by atoms with E-state index in [1.165, 1.54) is 0 Å². The van der Waals surface area contributed by atoms with E-state index in [4.69, 9.17) is 5.73 Å². The zero-order chi connectivity index (χ0) is 17.1. The summed E-state index contributed by atoms with van der Waals surface area (Å²) in [6.07, 6.45) is 5.77. The van der Waals surface area contributed by atoms with Crippen LogP contribution in [0.25, 0.3) is 0 Å². The molecule has 1 aromatic carbocycles. The minimum atomic E-state index is -0.226. The Labute approximate surface area is 143 Å². The van der Waals surface area contributed by atoms with E-state index in [9.17, 15) is 9.59 Å². The van der Waals surface area contributed by atoms with Crippen molar-refractivity contribution in [1.82, 2.24) is 4.90 Å². The molecule has 0 aromatic heterocycles. The smallest absolute Gasteiger partial charge is 0.254 e. The lowest BCUT2D eigenvalue weighted by Gasteiger charge is -2.33. The maximum absolute atomic E-state index is 12.6. The molecule has 1 saturated carbocycles. The molecule has 24 heavy (non-hydrogen) atoms. The number of piperidine rings is 1. The van der Waals surface area contributed by atoms with Crippen molar-refractivity contribution in [2.75, 3.05) is 24.5 Å². The molecule has 3 rings (SSSR count). The molecule has 0 spiro atoms. The normalized spacial score (nSPS) is 20.5. The molecular formula is C19H25N3O2. The zero-order valence-electron chi connectivity index (χ0n) is 14.0. The second kappa shape index (κ2) is 7.07. The number of rotatable bonds is 6. The topological polar surface area (TPSA) is 66.6 Å². The van der Waals surface area contributed by atoms with E-state index in [1.807, 2.05) is 29.2 Å². The van der Waals surface area contributed by atoms with E-state index in [0.717, 1.165) is 37.9 Å². The number of amides is 2. The molecule has 128 valence electrons. The highest BCUT2D eigenvalue weighted by atomic mass is 16.2. The van der Waals surface area contributed by atoms with Gasteiger partial charge in [0.05, 0.1) is 5.92 Å². The molecule has 5 nitrogen and oxygen atoms in total. The van der Waals surface area contributed by atoms with Gasteiger partial charge >= 0.3 is 0 Å². The Morgan fingerprint density at radius 3 is 2.54 bits per heavy atom. The van der Waals surface area contributed by atoms with E-state index >= 15 is 0 Å². The molecule has 1 aromatic rings. The maximum Gasteiger partial charge on any atom is 0.254 e. The minimum absolute atomic E-state index is 0.0672. The second-order valence-electron chi connectivity index (χ2n) is 6.71. The van der Waals surface area contributed by atoms with Crippen LogP contribution in [-0.4, -0.2) is 42.4 Å². The third-order valence-corrected chi connectivity index (χ3v) is 4.88. The lowest BCUT2D eigenvalue weighted by Crippen LogP contribution is -2.41. The second-order valence-corrected chi connectivity index (χ2v) is 6.71.